The van der Waals surface area contributed by atoms with Crippen molar-refractivity contribution in [1.82, 2.24) is 4.72 Å². The third-order valence-electron chi connectivity index (χ3n) is 1.87. The number of sulfonamides is 1. The van der Waals surface area contributed by atoms with Gasteiger partial charge in [-0.2, -0.15) is 4.72 Å². The zero-order valence-corrected chi connectivity index (χ0v) is 12.0. The lowest BCUT2D eigenvalue weighted by Gasteiger charge is -2.19. The van der Waals surface area contributed by atoms with Gasteiger partial charge in [-0.05, 0) is 60.7 Å². The largest absolute Gasteiger partial charge is 0.241 e. The molecule has 5 heteroatoms. The Labute approximate surface area is 110 Å². The molecular weight excluding hydrogens is 337 g/mol. The summed E-state index contributed by atoms with van der Waals surface area (Å²) in [6.45, 7) is 3.27. The van der Waals surface area contributed by atoms with E-state index in [0.717, 1.165) is 3.57 Å². The lowest BCUT2D eigenvalue weighted by Crippen LogP contribution is -2.41. The molecule has 0 atom stereocenters. The average molecular weight is 349 g/mol. The SMILES string of the molecule is C#CC(C)(C)NS(=O)(=O)c1ccc(I)cc1. The van der Waals surface area contributed by atoms with E-state index in [0.29, 0.717) is 0 Å². The molecule has 0 saturated heterocycles. The number of terminal acetylenes is 1. The van der Waals surface area contributed by atoms with E-state index < -0.39 is 15.6 Å². The van der Waals surface area contributed by atoms with Crippen LogP contribution in [-0.4, -0.2) is 14.0 Å². The third kappa shape index (κ3) is 3.47. The Balaban J connectivity index is 3.05. The van der Waals surface area contributed by atoms with Gasteiger partial charge in [0, 0.05) is 3.57 Å². The van der Waals surface area contributed by atoms with Gasteiger partial charge >= 0.3 is 0 Å². The molecule has 0 radical (unpaired) electrons. The Morgan fingerprint density at radius 3 is 2.25 bits per heavy atom. The quantitative estimate of drug-likeness (QED) is 0.670. The molecule has 1 N–H and O–H groups in total. The number of nitrogens with one attached hydrogen (secondary N) is 1. The second kappa shape index (κ2) is 4.73. The number of rotatable bonds is 3. The summed E-state index contributed by atoms with van der Waals surface area (Å²) in [5.74, 6) is 2.39. The van der Waals surface area contributed by atoms with Crippen molar-refractivity contribution in [2.75, 3.05) is 0 Å². The molecule has 16 heavy (non-hydrogen) atoms. The van der Waals surface area contributed by atoms with Gasteiger partial charge in [0.15, 0.2) is 0 Å². The number of hydrogen-bond donors (Lipinski definition) is 1. The second-order valence-electron chi connectivity index (χ2n) is 3.83. The molecule has 0 fully saturated rings. The maximum atomic E-state index is 11.9. The molecule has 0 aliphatic heterocycles. The summed E-state index contributed by atoms with van der Waals surface area (Å²) in [6.07, 6.45) is 5.24. The summed E-state index contributed by atoms with van der Waals surface area (Å²) in [7, 11) is -3.54. The highest BCUT2D eigenvalue weighted by molar-refractivity contribution is 14.1. The van der Waals surface area contributed by atoms with Gasteiger partial charge in [-0.15, -0.1) is 6.42 Å². The van der Waals surface area contributed by atoms with Crippen LogP contribution in [0.25, 0.3) is 0 Å². The van der Waals surface area contributed by atoms with Gasteiger partial charge in [0.05, 0.1) is 10.4 Å². The van der Waals surface area contributed by atoms with Crippen molar-refractivity contribution in [3.05, 3.63) is 27.8 Å². The van der Waals surface area contributed by atoms with Crippen molar-refractivity contribution in [1.29, 1.82) is 0 Å². The lowest BCUT2D eigenvalue weighted by atomic mass is 10.1. The highest BCUT2D eigenvalue weighted by Gasteiger charge is 2.23. The molecule has 0 bridgehead atoms. The molecule has 0 amide bonds. The van der Waals surface area contributed by atoms with Gasteiger partial charge in [0.25, 0.3) is 0 Å². The second-order valence-corrected chi connectivity index (χ2v) is 6.76. The Bertz CT molecular complexity index is 512. The smallest absolute Gasteiger partial charge is 0.207 e. The van der Waals surface area contributed by atoms with Crippen LogP contribution in [0.3, 0.4) is 0 Å². The summed E-state index contributed by atoms with van der Waals surface area (Å²) >= 11 is 2.11. The fourth-order valence-electron chi connectivity index (χ4n) is 1.04. The summed E-state index contributed by atoms with van der Waals surface area (Å²) in [6, 6.07) is 6.57. The summed E-state index contributed by atoms with van der Waals surface area (Å²) in [4.78, 5) is 0.219. The van der Waals surface area contributed by atoms with E-state index in [4.69, 9.17) is 6.42 Å². The monoisotopic (exact) mass is 349 g/mol. The summed E-state index contributed by atoms with van der Waals surface area (Å²) in [5, 5.41) is 0. The fourth-order valence-corrected chi connectivity index (χ4v) is 2.74. The Hall–Kier alpha value is -0.580. The van der Waals surface area contributed by atoms with Crippen molar-refractivity contribution < 1.29 is 8.42 Å². The molecule has 0 aromatic heterocycles. The minimum atomic E-state index is -3.54. The first-order chi connectivity index (χ1) is 7.27. The zero-order valence-electron chi connectivity index (χ0n) is 8.99. The lowest BCUT2D eigenvalue weighted by molar-refractivity contribution is 0.539. The molecule has 0 aliphatic carbocycles. The van der Waals surface area contributed by atoms with Gasteiger partial charge in [-0.1, -0.05) is 5.92 Å². The maximum absolute atomic E-state index is 11.9. The van der Waals surface area contributed by atoms with Crippen LogP contribution in [0.5, 0.6) is 0 Å². The molecule has 0 spiro atoms. The van der Waals surface area contributed by atoms with Crippen molar-refractivity contribution in [3.8, 4) is 12.3 Å². The third-order valence-corrected chi connectivity index (χ3v) is 4.27. The maximum Gasteiger partial charge on any atom is 0.241 e. The molecule has 1 aromatic carbocycles. The first kappa shape index (κ1) is 13.5. The fraction of sp³-hybridized carbons (Fsp3) is 0.273. The van der Waals surface area contributed by atoms with Gasteiger partial charge in [-0.25, -0.2) is 8.42 Å². The van der Waals surface area contributed by atoms with Gasteiger partial charge in [-0.3, -0.25) is 0 Å². The van der Waals surface area contributed by atoms with E-state index in [2.05, 4.69) is 33.2 Å². The Morgan fingerprint density at radius 1 is 1.31 bits per heavy atom. The highest BCUT2D eigenvalue weighted by Crippen LogP contribution is 2.14. The molecule has 3 nitrogen and oxygen atoms in total. The van der Waals surface area contributed by atoms with Gasteiger partial charge in [0.2, 0.25) is 10.0 Å². The number of hydrogen-bond acceptors (Lipinski definition) is 2. The van der Waals surface area contributed by atoms with Crippen LogP contribution in [0, 0.1) is 15.9 Å². The van der Waals surface area contributed by atoms with Gasteiger partial charge < -0.3 is 0 Å². The number of benzene rings is 1. The molecule has 0 heterocycles. The zero-order chi connectivity index (χ0) is 12.4. The predicted molar refractivity (Wildman–Crippen MR) is 72.4 cm³/mol. The standard InChI is InChI=1S/C11H12INO2S/c1-4-11(2,3)13-16(14,15)10-7-5-9(12)6-8-10/h1,5-8,13H,2-3H3. The Morgan fingerprint density at radius 2 is 1.81 bits per heavy atom. The molecule has 0 saturated carbocycles. The highest BCUT2D eigenvalue weighted by atomic mass is 127. The molecule has 0 aliphatic rings. The first-order valence-corrected chi connectivity index (χ1v) is 7.10. The van der Waals surface area contributed by atoms with Crippen LogP contribution in [0.4, 0.5) is 0 Å². The van der Waals surface area contributed by atoms with Crippen molar-refractivity contribution in [2.24, 2.45) is 0 Å². The van der Waals surface area contributed by atoms with Crippen LogP contribution < -0.4 is 4.72 Å². The summed E-state index contributed by atoms with van der Waals surface area (Å²) < 4.78 is 27.2. The van der Waals surface area contributed by atoms with Crippen LogP contribution in [0.1, 0.15) is 13.8 Å². The van der Waals surface area contributed by atoms with E-state index in [1.54, 1.807) is 38.1 Å². The van der Waals surface area contributed by atoms with Crippen molar-refractivity contribution in [2.45, 2.75) is 24.3 Å². The minimum absolute atomic E-state index is 0.219. The first-order valence-electron chi connectivity index (χ1n) is 4.54. The molecule has 1 rings (SSSR count). The van der Waals surface area contributed by atoms with E-state index in [9.17, 15) is 8.42 Å². The van der Waals surface area contributed by atoms with Crippen LogP contribution in [0.15, 0.2) is 29.2 Å². The van der Waals surface area contributed by atoms with Crippen molar-refractivity contribution >= 4 is 32.6 Å². The average Bonchev–Trinajstić information content (AvgIpc) is 2.17. The normalized spacial score (nSPS) is 12.1. The molecule has 1 aromatic rings. The molecular formula is C11H12INO2S. The number of halogens is 1. The van der Waals surface area contributed by atoms with E-state index in [1.165, 1.54) is 0 Å². The van der Waals surface area contributed by atoms with Crippen LogP contribution >= 0.6 is 22.6 Å². The predicted octanol–water partition coefficient (Wildman–Crippen LogP) is 1.98. The Kier molecular flexibility index (Phi) is 3.99. The van der Waals surface area contributed by atoms with Gasteiger partial charge in [0.1, 0.15) is 0 Å². The van der Waals surface area contributed by atoms with Crippen LogP contribution in [-0.2, 0) is 10.0 Å². The van der Waals surface area contributed by atoms with Crippen LogP contribution in [0.2, 0.25) is 0 Å². The molecule has 0 unspecified atom stereocenters. The van der Waals surface area contributed by atoms with E-state index >= 15 is 0 Å². The van der Waals surface area contributed by atoms with E-state index in [1.807, 2.05) is 0 Å². The van der Waals surface area contributed by atoms with Crippen molar-refractivity contribution in [3.63, 3.8) is 0 Å². The van der Waals surface area contributed by atoms with E-state index in [-0.39, 0.29) is 4.90 Å². The summed E-state index contributed by atoms with van der Waals surface area (Å²) in [5.41, 5.74) is -0.887. The molecule has 86 valence electrons. The topological polar surface area (TPSA) is 46.2 Å². The minimum Gasteiger partial charge on any atom is -0.207 e.